The summed E-state index contributed by atoms with van der Waals surface area (Å²) in [5.41, 5.74) is 1.53. The molecule has 0 spiro atoms. The van der Waals surface area contributed by atoms with Crippen molar-refractivity contribution in [1.82, 2.24) is 0 Å². The fraction of sp³-hybridized carbons (Fsp3) is 0.211. The van der Waals surface area contributed by atoms with Gasteiger partial charge in [-0.1, -0.05) is 24.3 Å². The molecule has 1 unspecified atom stereocenters. The third kappa shape index (κ3) is 2.58. The number of amides is 1. The van der Waals surface area contributed by atoms with Crippen LogP contribution in [0.5, 0.6) is 0 Å². The highest BCUT2D eigenvalue weighted by molar-refractivity contribution is 6.25. The van der Waals surface area contributed by atoms with E-state index in [0.717, 1.165) is 16.5 Å². The minimum absolute atomic E-state index is 0.0770. The third-order valence-corrected chi connectivity index (χ3v) is 4.18. The average molecular weight is 323 g/mol. The maximum absolute atomic E-state index is 12.6. The van der Waals surface area contributed by atoms with Crippen molar-refractivity contribution < 1.29 is 19.1 Å². The van der Waals surface area contributed by atoms with E-state index in [-0.39, 0.29) is 19.1 Å². The van der Waals surface area contributed by atoms with Crippen molar-refractivity contribution in [2.45, 2.75) is 12.7 Å². The maximum atomic E-state index is 12.6. The van der Waals surface area contributed by atoms with Gasteiger partial charge in [0.15, 0.2) is 0 Å². The summed E-state index contributed by atoms with van der Waals surface area (Å²) in [6.45, 7) is 0.634. The van der Waals surface area contributed by atoms with Gasteiger partial charge in [-0.25, -0.2) is 0 Å². The van der Waals surface area contributed by atoms with Gasteiger partial charge in [0, 0.05) is 10.9 Å². The molecule has 1 aliphatic rings. The molecule has 0 radical (unpaired) electrons. The van der Waals surface area contributed by atoms with Crippen molar-refractivity contribution in [2.75, 3.05) is 18.1 Å². The largest absolute Gasteiger partial charge is 0.467 e. The zero-order valence-corrected chi connectivity index (χ0v) is 13.0. The zero-order valence-electron chi connectivity index (χ0n) is 13.0. The van der Waals surface area contributed by atoms with E-state index < -0.39 is 6.10 Å². The van der Waals surface area contributed by atoms with Crippen molar-refractivity contribution in [2.24, 2.45) is 0 Å². The lowest BCUT2D eigenvalue weighted by molar-refractivity contribution is 0.0254. The molecule has 5 nitrogen and oxygen atoms in total. The highest BCUT2D eigenvalue weighted by atomic mass is 16.5. The highest BCUT2D eigenvalue weighted by Gasteiger charge is 2.30. The molecule has 5 heteroatoms. The number of ether oxygens (including phenoxy) is 1. The Bertz CT molecular complexity index is 867. The Hall–Kier alpha value is -2.63. The van der Waals surface area contributed by atoms with Gasteiger partial charge >= 0.3 is 0 Å². The molecule has 2 heterocycles. The van der Waals surface area contributed by atoms with E-state index in [9.17, 15) is 9.90 Å². The number of nitrogens with zero attached hydrogens (tertiary/aromatic N) is 1. The van der Waals surface area contributed by atoms with Gasteiger partial charge in [-0.2, -0.15) is 0 Å². The number of furan rings is 1. The molecule has 1 aromatic heterocycles. The fourth-order valence-electron chi connectivity index (χ4n) is 3.11. The molecule has 0 aliphatic carbocycles. The molecule has 3 aromatic rings. The molecule has 1 aliphatic heterocycles. The Kier molecular flexibility index (Phi) is 3.80. The van der Waals surface area contributed by atoms with Crippen molar-refractivity contribution in [3.8, 4) is 0 Å². The van der Waals surface area contributed by atoms with Gasteiger partial charge in [0.2, 0.25) is 0 Å². The number of carbonyl (C=O) groups excluding carboxylic acids is 1. The van der Waals surface area contributed by atoms with Gasteiger partial charge in [-0.15, -0.1) is 0 Å². The van der Waals surface area contributed by atoms with Gasteiger partial charge in [0.25, 0.3) is 5.91 Å². The summed E-state index contributed by atoms with van der Waals surface area (Å²) in [6.07, 6.45) is 0.809. The zero-order chi connectivity index (χ0) is 16.5. The van der Waals surface area contributed by atoms with Crippen LogP contribution in [0.2, 0.25) is 0 Å². The standard InChI is InChI=1S/C19H17NO4/c21-14(11-23-12-15-6-3-9-24-15)10-20-17-8-2-5-13-4-1-7-16(18(13)17)19(20)22/h1-9,14,21H,10-12H2. The van der Waals surface area contributed by atoms with E-state index in [4.69, 9.17) is 9.15 Å². The van der Waals surface area contributed by atoms with Gasteiger partial charge in [0.05, 0.1) is 31.2 Å². The first-order valence-electron chi connectivity index (χ1n) is 7.86. The van der Waals surface area contributed by atoms with Gasteiger partial charge in [0.1, 0.15) is 12.4 Å². The van der Waals surface area contributed by atoms with Crippen molar-refractivity contribution in [3.05, 3.63) is 66.1 Å². The number of benzene rings is 2. The number of hydrogen-bond donors (Lipinski definition) is 1. The van der Waals surface area contributed by atoms with Gasteiger partial charge < -0.3 is 19.2 Å². The van der Waals surface area contributed by atoms with Crippen LogP contribution < -0.4 is 4.90 Å². The van der Waals surface area contributed by atoms with Crippen LogP contribution in [-0.2, 0) is 11.3 Å². The number of β-amino-alcohol motifs (C(OH)–C–C–N with tert-alkyl or cyclic N) is 1. The van der Waals surface area contributed by atoms with Gasteiger partial charge in [-0.05, 0) is 29.7 Å². The van der Waals surface area contributed by atoms with Crippen LogP contribution in [0.4, 0.5) is 5.69 Å². The smallest absolute Gasteiger partial charge is 0.259 e. The molecule has 1 N–H and O–H groups in total. The van der Waals surface area contributed by atoms with Crippen LogP contribution in [0.1, 0.15) is 16.1 Å². The van der Waals surface area contributed by atoms with Crippen LogP contribution in [-0.4, -0.2) is 30.3 Å². The highest BCUT2D eigenvalue weighted by Crippen LogP contribution is 2.37. The number of anilines is 1. The number of aliphatic hydroxyl groups is 1. The monoisotopic (exact) mass is 323 g/mol. The van der Waals surface area contributed by atoms with E-state index >= 15 is 0 Å². The lowest BCUT2D eigenvalue weighted by atomic mass is 10.1. The molecular weight excluding hydrogens is 306 g/mol. The normalized spacial score (nSPS) is 14.5. The average Bonchev–Trinajstić information content (AvgIpc) is 3.19. The molecule has 0 saturated carbocycles. The Labute approximate surface area is 139 Å². The molecule has 0 saturated heterocycles. The SMILES string of the molecule is O=C1c2cccc3cccc(c23)N1CC(O)COCc1ccco1. The third-order valence-electron chi connectivity index (χ3n) is 4.18. The second kappa shape index (κ2) is 6.11. The topological polar surface area (TPSA) is 62.9 Å². The number of hydrogen-bond acceptors (Lipinski definition) is 4. The summed E-state index contributed by atoms with van der Waals surface area (Å²) < 4.78 is 10.6. The molecule has 122 valence electrons. The van der Waals surface area contributed by atoms with Crippen molar-refractivity contribution >= 4 is 22.4 Å². The first-order chi connectivity index (χ1) is 11.7. The van der Waals surface area contributed by atoms with Crippen LogP contribution in [0, 0.1) is 0 Å². The second-order valence-corrected chi connectivity index (χ2v) is 5.84. The molecule has 1 atom stereocenters. The van der Waals surface area contributed by atoms with E-state index in [1.807, 2.05) is 42.5 Å². The fourth-order valence-corrected chi connectivity index (χ4v) is 3.11. The van der Waals surface area contributed by atoms with Gasteiger partial charge in [-0.3, -0.25) is 4.79 Å². The van der Waals surface area contributed by atoms with Crippen LogP contribution in [0.25, 0.3) is 10.8 Å². The lowest BCUT2D eigenvalue weighted by Gasteiger charge is -2.21. The summed E-state index contributed by atoms with van der Waals surface area (Å²) >= 11 is 0. The minimum atomic E-state index is -0.770. The molecule has 2 aromatic carbocycles. The minimum Gasteiger partial charge on any atom is -0.467 e. The quantitative estimate of drug-likeness (QED) is 0.757. The van der Waals surface area contributed by atoms with Crippen molar-refractivity contribution in [1.29, 1.82) is 0 Å². The second-order valence-electron chi connectivity index (χ2n) is 5.84. The number of carbonyl (C=O) groups is 1. The Balaban J connectivity index is 1.45. The van der Waals surface area contributed by atoms with E-state index in [0.29, 0.717) is 17.9 Å². The Morgan fingerprint density at radius 2 is 1.96 bits per heavy atom. The molecule has 24 heavy (non-hydrogen) atoms. The molecule has 1 amide bonds. The number of rotatable bonds is 6. The number of aliphatic hydroxyl groups excluding tert-OH is 1. The Morgan fingerprint density at radius 3 is 2.75 bits per heavy atom. The van der Waals surface area contributed by atoms with Crippen LogP contribution in [0.15, 0.2) is 59.2 Å². The predicted octanol–water partition coefficient (Wildman–Crippen LogP) is 2.97. The molecule has 0 bridgehead atoms. The van der Waals surface area contributed by atoms with E-state index in [2.05, 4.69) is 0 Å². The lowest BCUT2D eigenvalue weighted by Crippen LogP contribution is -2.37. The summed E-state index contributed by atoms with van der Waals surface area (Å²) in [6, 6.07) is 15.1. The summed E-state index contributed by atoms with van der Waals surface area (Å²) in [4.78, 5) is 14.3. The van der Waals surface area contributed by atoms with Crippen molar-refractivity contribution in [3.63, 3.8) is 0 Å². The molecule has 0 fully saturated rings. The molecule has 4 rings (SSSR count). The maximum Gasteiger partial charge on any atom is 0.259 e. The summed E-state index contributed by atoms with van der Waals surface area (Å²) in [5.74, 6) is 0.628. The Morgan fingerprint density at radius 1 is 1.12 bits per heavy atom. The first kappa shape index (κ1) is 14.9. The summed E-state index contributed by atoms with van der Waals surface area (Å²) in [7, 11) is 0. The van der Waals surface area contributed by atoms with Crippen LogP contribution in [0.3, 0.4) is 0 Å². The van der Waals surface area contributed by atoms with E-state index in [1.54, 1.807) is 17.2 Å². The first-order valence-corrected chi connectivity index (χ1v) is 7.86. The molecular formula is C19H17NO4. The van der Waals surface area contributed by atoms with Crippen LogP contribution >= 0.6 is 0 Å². The summed E-state index contributed by atoms with van der Waals surface area (Å²) in [5, 5.41) is 12.2. The van der Waals surface area contributed by atoms with E-state index in [1.165, 1.54) is 0 Å². The predicted molar refractivity (Wildman–Crippen MR) is 90.0 cm³/mol.